The molecule has 0 bridgehead atoms. The van der Waals surface area contributed by atoms with Gasteiger partial charge in [0.2, 0.25) is 5.78 Å². The first-order valence-corrected chi connectivity index (χ1v) is 20.4. The molecule has 0 radical (unpaired) electrons. The number of rotatable bonds is 15. The van der Waals surface area contributed by atoms with Crippen molar-refractivity contribution in [2.45, 2.75) is 94.4 Å². The molecule has 1 aliphatic heterocycles. The Morgan fingerprint density at radius 1 is 1.12 bits per heavy atom. The summed E-state index contributed by atoms with van der Waals surface area (Å²) in [6.45, 7) is 3.56. The lowest BCUT2D eigenvalue weighted by molar-refractivity contribution is -0.150. The van der Waals surface area contributed by atoms with Gasteiger partial charge in [0, 0.05) is 42.8 Å². The van der Waals surface area contributed by atoms with E-state index in [1.807, 2.05) is 32.2 Å². The average molecular weight is 764 g/mol. The molecular weight excluding hydrogens is 707 g/mol. The summed E-state index contributed by atoms with van der Waals surface area (Å²) in [5.74, 6) is 0.364. The third-order valence-electron chi connectivity index (χ3n) is 12.4. The number of ether oxygens (including phenoxy) is 2. The van der Waals surface area contributed by atoms with Crippen LogP contribution in [0, 0.1) is 17.8 Å². The molecule has 56 heavy (non-hydrogen) atoms. The van der Waals surface area contributed by atoms with Crippen molar-refractivity contribution < 1.29 is 23.9 Å². The molecule has 2 heterocycles. The van der Waals surface area contributed by atoms with Gasteiger partial charge < -0.3 is 36.5 Å². The Morgan fingerprint density at radius 2 is 1.91 bits per heavy atom. The lowest BCUT2D eigenvalue weighted by Crippen LogP contribution is -2.51. The Balaban J connectivity index is 1.11. The number of pyridine rings is 1. The van der Waals surface area contributed by atoms with Crippen molar-refractivity contribution in [3.05, 3.63) is 94.7 Å². The summed E-state index contributed by atoms with van der Waals surface area (Å²) >= 11 is 0. The number of hydrogen-bond acceptors (Lipinski definition) is 10. The third kappa shape index (κ3) is 7.97. The molecule has 1 saturated heterocycles. The van der Waals surface area contributed by atoms with E-state index in [4.69, 9.17) is 15.2 Å². The molecule has 6 atom stereocenters. The van der Waals surface area contributed by atoms with Crippen LogP contribution in [0.2, 0.25) is 0 Å². The number of hydrogen-bond donors (Lipinski definition) is 5. The molecule has 1 saturated carbocycles. The molecule has 6 unspecified atom stereocenters. The van der Waals surface area contributed by atoms with Crippen molar-refractivity contribution in [2.75, 3.05) is 39.2 Å². The summed E-state index contributed by atoms with van der Waals surface area (Å²) < 4.78 is 12.4. The zero-order valence-electron chi connectivity index (χ0n) is 32.9. The van der Waals surface area contributed by atoms with Crippen LogP contribution in [-0.4, -0.2) is 79.6 Å². The fraction of sp³-hybridized carbons (Fsp3) is 0.523. The number of Topliss-reactive ketones (excluding diaryl/α,β-unsaturated/α-hetero) is 2. The molecule has 1 aromatic carbocycles. The Morgan fingerprint density at radius 3 is 2.68 bits per heavy atom. The van der Waals surface area contributed by atoms with Crippen LogP contribution in [0.3, 0.4) is 0 Å². The van der Waals surface area contributed by atoms with Crippen LogP contribution in [0.1, 0.15) is 103 Å². The summed E-state index contributed by atoms with van der Waals surface area (Å²) in [6, 6.07) is 10.3. The Bertz CT molecular complexity index is 1920. The van der Waals surface area contributed by atoms with Gasteiger partial charge in [-0.15, -0.1) is 0 Å². The van der Waals surface area contributed by atoms with Crippen LogP contribution in [-0.2, 0) is 14.3 Å². The van der Waals surface area contributed by atoms with Gasteiger partial charge in [0.25, 0.3) is 5.60 Å². The normalized spacial score (nSPS) is 28.1. The molecule has 5 aliphatic rings. The number of carbonyl (C=O) groups excluding carboxylic acids is 3. The number of fused-ring (bicyclic) bond motifs is 3. The Labute approximate surface area is 330 Å². The van der Waals surface area contributed by atoms with E-state index >= 15 is 0 Å². The van der Waals surface area contributed by atoms with E-state index in [1.165, 1.54) is 37.7 Å². The fourth-order valence-electron chi connectivity index (χ4n) is 9.19. The zero-order chi connectivity index (χ0) is 39.3. The van der Waals surface area contributed by atoms with Crippen LogP contribution in [0.15, 0.2) is 83.0 Å². The largest absolute Gasteiger partial charge is 0.463 e. The quantitative estimate of drug-likeness (QED) is 0.0293. The van der Waals surface area contributed by atoms with E-state index in [-0.39, 0.29) is 53.9 Å². The topological polar surface area (TPSA) is 172 Å². The molecule has 1 aromatic heterocycles. The highest BCUT2D eigenvalue weighted by atomic mass is 16.7. The van der Waals surface area contributed by atoms with Crippen LogP contribution >= 0.6 is 0 Å². The molecule has 0 spiro atoms. The molecule has 12 heteroatoms. The highest BCUT2D eigenvalue weighted by Crippen LogP contribution is 2.58. The number of carbonyl (C=O) groups is 3. The van der Waals surface area contributed by atoms with Crippen molar-refractivity contribution in [1.82, 2.24) is 20.9 Å². The van der Waals surface area contributed by atoms with E-state index < -0.39 is 23.0 Å². The monoisotopic (exact) mass is 763 g/mol. The minimum absolute atomic E-state index is 0.0255. The molecule has 2 aromatic rings. The van der Waals surface area contributed by atoms with Gasteiger partial charge in [0.15, 0.2) is 17.3 Å². The summed E-state index contributed by atoms with van der Waals surface area (Å²) in [5, 5.41) is 13.4. The second-order valence-electron chi connectivity index (χ2n) is 16.1. The zero-order valence-corrected chi connectivity index (χ0v) is 32.9. The van der Waals surface area contributed by atoms with Crippen molar-refractivity contribution in [2.24, 2.45) is 28.5 Å². The summed E-state index contributed by atoms with van der Waals surface area (Å²) in [7, 11) is 3.46. The van der Waals surface area contributed by atoms with Crippen LogP contribution in [0.5, 0.6) is 0 Å². The van der Waals surface area contributed by atoms with Crippen molar-refractivity contribution in [3.63, 3.8) is 0 Å². The summed E-state index contributed by atoms with van der Waals surface area (Å²) in [4.78, 5) is 51.6. The Hall–Kier alpha value is -4.65. The first kappa shape index (κ1) is 39.6. The number of anilines is 1. The highest BCUT2D eigenvalue weighted by Gasteiger charge is 2.85. The van der Waals surface area contributed by atoms with E-state index in [0.717, 1.165) is 36.9 Å². The molecule has 7 rings (SSSR count). The number of epoxide rings is 1. The van der Waals surface area contributed by atoms with Gasteiger partial charge in [-0.2, -0.15) is 0 Å². The molecule has 0 amide bonds. The maximum atomic E-state index is 14.4. The maximum Gasteiger partial charge on any atom is 0.350 e. The predicted octanol–water partition coefficient (Wildman–Crippen LogP) is 5.55. The lowest BCUT2D eigenvalue weighted by Gasteiger charge is -2.37. The number of guanidine groups is 1. The number of aromatic nitrogens is 1. The fourth-order valence-corrected chi connectivity index (χ4v) is 9.19. The second kappa shape index (κ2) is 17.2. The van der Waals surface area contributed by atoms with Crippen LogP contribution in [0.4, 0.5) is 5.82 Å². The average Bonchev–Trinajstić information content (AvgIpc) is 3.94. The van der Waals surface area contributed by atoms with Gasteiger partial charge in [-0.05, 0) is 94.1 Å². The van der Waals surface area contributed by atoms with Gasteiger partial charge in [-0.3, -0.25) is 14.6 Å². The van der Waals surface area contributed by atoms with Crippen molar-refractivity contribution >= 4 is 29.3 Å². The number of esters is 1. The lowest BCUT2D eigenvalue weighted by atomic mass is 9.72. The van der Waals surface area contributed by atoms with Gasteiger partial charge in [0.05, 0.1) is 19.3 Å². The molecule has 298 valence electrons. The molecule has 4 aliphatic carbocycles. The van der Waals surface area contributed by atoms with Crippen LogP contribution in [0.25, 0.3) is 0 Å². The number of nitrogens with two attached hydrogens (primary N) is 1. The number of aliphatic imine (C=N–C) groups is 1. The first-order valence-electron chi connectivity index (χ1n) is 20.4. The van der Waals surface area contributed by atoms with Gasteiger partial charge in [-0.1, -0.05) is 73.4 Å². The number of allylic oxidation sites excluding steroid dienone is 3. The number of ketones is 2. The highest BCUT2D eigenvalue weighted by molar-refractivity contribution is 6.32. The number of benzene rings is 1. The summed E-state index contributed by atoms with van der Waals surface area (Å²) in [6.07, 6.45) is 20.3. The predicted molar refractivity (Wildman–Crippen MR) is 217 cm³/mol. The summed E-state index contributed by atoms with van der Waals surface area (Å²) in [5.41, 5.74) is 6.03. The molecule has 6 N–H and O–H groups in total. The van der Waals surface area contributed by atoms with E-state index in [1.54, 1.807) is 37.5 Å². The molecule has 12 nitrogen and oxygen atoms in total. The van der Waals surface area contributed by atoms with E-state index in [9.17, 15) is 14.4 Å². The van der Waals surface area contributed by atoms with Crippen molar-refractivity contribution in [3.8, 4) is 0 Å². The van der Waals surface area contributed by atoms with E-state index in [2.05, 4.69) is 49.5 Å². The van der Waals surface area contributed by atoms with E-state index in [0.29, 0.717) is 30.7 Å². The smallest absolute Gasteiger partial charge is 0.350 e. The minimum Gasteiger partial charge on any atom is -0.463 e. The second-order valence-corrected chi connectivity index (χ2v) is 16.1. The molecule has 2 fully saturated rings. The molecular formula is C44H57N7O5. The number of nitrogens with one attached hydrogen (secondary N) is 4. The Kier molecular flexibility index (Phi) is 12.2. The minimum atomic E-state index is -2.04. The van der Waals surface area contributed by atoms with Gasteiger partial charge in [-0.25, -0.2) is 9.78 Å². The number of nitrogens with zero attached hydrogens (tertiary/aromatic N) is 2. The first-order chi connectivity index (χ1) is 27.2. The standard InChI is InChI=1S/C44H57N7O5/c1-28(21-37(51-42(45)47-3)32-18-20-48-38(24-32)50-27-46-2)17-19-43-39(52)34-15-9-10-16-35(34)40(53)44(43,56-43)41(54)55-26-33-22-30-13-7-8-14-31(30)23-36(33)49-25-29-11-5-4-6-12-29/h8-10,14-18,20,23-24,29-30,33,36-37,46,49H,4-7,11-13,19,21-22,25-27H2,1-3H3,(H,48,50)(H3,45,47,51). The third-order valence-corrected chi connectivity index (χ3v) is 12.4. The van der Waals surface area contributed by atoms with Crippen LogP contribution < -0.4 is 27.0 Å². The van der Waals surface area contributed by atoms with Gasteiger partial charge in [0.1, 0.15) is 5.82 Å². The van der Waals surface area contributed by atoms with Crippen molar-refractivity contribution in [1.29, 1.82) is 0 Å². The van der Waals surface area contributed by atoms with Gasteiger partial charge >= 0.3 is 5.97 Å². The SMILES string of the molecule is CN=C(N)NC(CC(C)=CCC12OC1(C(=O)OCC1CC3CCC=CC3=CC1NCC1CCCCC1)C(=O)c1ccccc1C2=O)c1ccnc(NCNC)c1. The maximum absolute atomic E-state index is 14.4.